The minimum atomic E-state index is -0.871. The number of carbonyl (C=O) groups excluding carboxylic acids is 3. The lowest BCUT2D eigenvalue weighted by molar-refractivity contribution is -0.129. The molecule has 8 heteroatoms. The first-order valence-electron chi connectivity index (χ1n) is 9.29. The summed E-state index contributed by atoms with van der Waals surface area (Å²) in [7, 11) is 0. The van der Waals surface area contributed by atoms with E-state index < -0.39 is 30.0 Å². The molecule has 3 amide bonds. The number of nitrogens with zero attached hydrogens (tertiary/aromatic N) is 1. The van der Waals surface area contributed by atoms with E-state index in [1.807, 2.05) is 36.4 Å². The van der Waals surface area contributed by atoms with Gasteiger partial charge in [0.25, 0.3) is 0 Å². The number of nitrogens with two attached hydrogens (primary N) is 1. The molecule has 2 atom stereocenters. The fraction of sp³-hybridized carbons (Fsp3) is 0.500. The summed E-state index contributed by atoms with van der Waals surface area (Å²) in [6, 6.07) is 9.48. The first-order chi connectivity index (χ1) is 13.3. The number of amides is 3. The third kappa shape index (κ3) is 8.54. The zero-order valence-electron chi connectivity index (χ0n) is 16.3. The van der Waals surface area contributed by atoms with E-state index in [0.717, 1.165) is 5.56 Å². The summed E-state index contributed by atoms with van der Waals surface area (Å²) >= 11 is 0. The first kappa shape index (κ1) is 23.0. The average molecular weight is 388 g/mol. The van der Waals surface area contributed by atoms with Crippen LogP contribution >= 0.6 is 0 Å². The summed E-state index contributed by atoms with van der Waals surface area (Å²) in [5, 5.41) is 13.7. The van der Waals surface area contributed by atoms with Crippen molar-refractivity contribution in [1.29, 1.82) is 5.26 Å². The van der Waals surface area contributed by atoms with Crippen LogP contribution in [-0.4, -0.2) is 30.0 Å². The van der Waals surface area contributed by atoms with Gasteiger partial charge in [0.1, 0.15) is 18.7 Å². The Hall–Kier alpha value is -3.08. The normalized spacial score (nSPS) is 12.5. The molecular formula is C20H28N4O4. The molecule has 0 heterocycles. The van der Waals surface area contributed by atoms with Crippen molar-refractivity contribution in [3.8, 4) is 6.07 Å². The van der Waals surface area contributed by atoms with Crippen LogP contribution in [0.5, 0.6) is 0 Å². The molecule has 1 aromatic carbocycles. The average Bonchev–Trinajstić information content (AvgIpc) is 2.67. The summed E-state index contributed by atoms with van der Waals surface area (Å²) in [6.45, 7) is 3.63. The fourth-order valence-electron chi connectivity index (χ4n) is 2.53. The predicted molar refractivity (Wildman–Crippen MR) is 104 cm³/mol. The SMILES string of the molecule is CC(C)[C@@H](NC(=O)OCc1ccccc1)C(=O)N[C@@H](CCCCC#N)C(N)=O. The summed E-state index contributed by atoms with van der Waals surface area (Å²) < 4.78 is 5.15. The molecule has 0 unspecified atom stereocenters. The number of nitriles is 1. The number of unbranched alkanes of at least 4 members (excludes halogenated alkanes) is 2. The van der Waals surface area contributed by atoms with Gasteiger partial charge in [-0.2, -0.15) is 5.26 Å². The molecule has 0 radical (unpaired) electrons. The largest absolute Gasteiger partial charge is 0.445 e. The van der Waals surface area contributed by atoms with Crippen LogP contribution < -0.4 is 16.4 Å². The van der Waals surface area contributed by atoms with Crippen LogP contribution in [0.4, 0.5) is 4.79 Å². The number of nitrogens with one attached hydrogen (secondary N) is 2. The maximum atomic E-state index is 12.6. The summed E-state index contributed by atoms with van der Waals surface area (Å²) in [5.41, 5.74) is 6.19. The minimum absolute atomic E-state index is 0.0852. The van der Waals surface area contributed by atoms with E-state index in [-0.39, 0.29) is 12.5 Å². The molecule has 1 rings (SSSR count). The van der Waals surface area contributed by atoms with Gasteiger partial charge in [-0.3, -0.25) is 9.59 Å². The quantitative estimate of drug-likeness (QED) is 0.498. The van der Waals surface area contributed by atoms with E-state index in [9.17, 15) is 14.4 Å². The van der Waals surface area contributed by atoms with Crippen LogP contribution in [0.2, 0.25) is 0 Å². The van der Waals surface area contributed by atoms with E-state index in [1.165, 1.54) is 0 Å². The van der Waals surface area contributed by atoms with Crippen LogP contribution in [0.15, 0.2) is 30.3 Å². The van der Waals surface area contributed by atoms with Gasteiger partial charge in [0, 0.05) is 6.42 Å². The Morgan fingerprint density at radius 1 is 1.14 bits per heavy atom. The number of hydrogen-bond donors (Lipinski definition) is 3. The van der Waals surface area contributed by atoms with Gasteiger partial charge in [0.05, 0.1) is 6.07 Å². The second kappa shape index (κ2) is 12.3. The maximum Gasteiger partial charge on any atom is 0.408 e. The number of ether oxygens (including phenoxy) is 1. The van der Waals surface area contributed by atoms with Crippen molar-refractivity contribution in [1.82, 2.24) is 10.6 Å². The number of rotatable bonds is 11. The molecule has 8 nitrogen and oxygen atoms in total. The highest BCUT2D eigenvalue weighted by atomic mass is 16.5. The first-order valence-corrected chi connectivity index (χ1v) is 9.29. The molecule has 0 saturated heterocycles. The van der Waals surface area contributed by atoms with Gasteiger partial charge >= 0.3 is 6.09 Å². The molecule has 1 aromatic rings. The zero-order chi connectivity index (χ0) is 20.9. The maximum absolute atomic E-state index is 12.6. The molecule has 4 N–H and O–H groups in total. The third-order valence-electron chi connectivity index (χ3n) is 4.13. The van der Waals surface area contributed by atoms with Crippen LogP contribution in [0.3, 0.4) is 0 Å². The van der Waals surface area contributed by atoms with Gasteiger partial charge in [0.15, 0.2) is 0 Å². The molecule has 0 aliphatic heterocycles. The molecule has 28 heavy (non-hydrogen) atoms. The van der Waals surface area contributed by atoms with Crippen molar-refractivity contribution in [2.24, 2.45) is 11.7 Å². The van der Waals surface area contributed by atoms with Crippen molar-refractivity contribution < 1.29 is 19.1 Å². The van der Waals surface area contributed by atoms with Crippen molar-refractivity contribution in [3.63, 3.8) is 0 Å². The van der Waals surface area contributed by atoms with Gasteiger partial charge in [0.2, 0.25) is 11.8 Å². The van der Waals surface area contributed by atoms with Crippen molar-refractivity contribution in [3.05, 3.63) is 35.9 Å². The van der Waals surface area contributed by atoms with E-state index in [0.29, 0.717) is 25.7 Å². The van der Waals surface area contributed by atoms with Crippen LogP contribution in [0.1, 0.15) is 45.1 Å². The van der Waals surface area contributed by atoms with E-state index in [2.05, 4.69) is 10.6 Å². The standard InChI is InChI=1S/C20H28N4O4/c1-14(2)17(24-20(27)28-13-15-9-5-3-6-10-15)19(26)23-16(18(22)25)11-7-4-8-12-21/h3,5-6,9-10,14,16-17H,4,7-8,11,13H2,1-2H3,(H2,22,25)(H,23,26)(H,24,27)/t16-,17+/m0/s1. The molecule has 0 aromatic heterocycles. The smallest absolute Gasteiger partial charge is 0.408 e. The Balaban J connectivity index is 2.59. The molecule has 0 aliphatic rings. The second-order valence-corrected chi connectivity index (χ2v) is 6.80. The molecule has 0 bridgehead atoms. The molecule has 0 fully saturated rings. The fourth-order valence-corrected chi connectivity index (χ4v) is 2.53. The number of alkyl carbamates (subject to hydrolysis) is 1. The zero-order valence-corrected chi connectivity index (χ0v) is 16.3. The molecule has 0 saturated carbocycles. The number of benzene rings is 1. The lowest BCUT2D eigenvalue weighted by Crippen LogP contribution is -2.54. The Morgan fingerprint density at radius 3 is 2.39 bits per heavy atom. The minimum Gasteiger partial charge on any atom is -0.445 e. The predicted octanol–water partition coefficient (Wildman–Crippen LogP) is 1.99. The van der Waals surface area contributed by atoms with Crippen molar-refractivity contribution in [2.45, 2.75) is 58.2 Å². The van der Waals surface area contributed by atoms with Gasteiger partial charge < -0.3 is 21.1 Å². The van der Waals surface area contributed by atoms with Crippen molar-refractivity contribution >= 4 is 17.9 Å². The molecule has 152 valence electrons. The Labute approximate surface area is 165 Å². The summed E-state index contributed by atoms with van der Waals surface area (Å²) in [4.78, 5) is 36.2. The molecule has 0 aliphatic carbocycles. The van der Waals surface area contributed by atoms with E-state index >= 15 is 0 Å². The highest BCUT2D eigenvalue weighted by molar-refractivity contribution is 5.90. The molecular weight excluding hydrogens is 360 g/mol. The van der Waals surface area contributed by atoms with Gasteiger partial charge in [-0.25, -0.2) is 4.79 Å². The number of hydrogen-bond acceptors (Lipinski definition) is 5. The topological polar surface area (TPSA) is 134 Å². The van der Waals surface area contributed by atoms with Crippen LogP contribution in [-0.2, 0) is 20.9 Å². The Bertz CT molecular complexity index is 685. The second-order valence-electron chi connectivity index (χ2n) is 6.80. The summed E-state index contributed by atoms with van der Waals surface area (Å²) in [5.74, 6) is -1.38. The van der Waals surface area contributed by atoms with Crippen molar-refractivity contribution in [2.75, 3.05) is 0 Å². The highest BCUT2D eigenvalue weighted by Crippen LogP contribution is 2.08. The van der Waals surface area contributed by atoms with Gasteiger partial charge in [-0.1, -0.05) is 44.2 Å². The van der Waals surface area contributed by atoms with E-state index in [1.54, 1.807) is 13.8 Å². The summed E-state index contributed by atoms with van der Waals surface area (Å²) in [6.07, 6.45) is 1.20. The number of primary amides is 1. The van der Waals surface area contributed by atoms with Gasteiger partial charge in [-0.15, -0.1) is 0 Å². The van der Waals surface area contributed by atoms with Crippen LogP contribution in [0.25, 0.3) is 0 Å². The third-order valence-corrected chi connectivity index (χ3v) is 4.13. The van der Waals surface area contributed by atoms with Gasteiger partial charge in [-0.05, 0) is 30.7 Å². The van der Waals surface area contributed by atoms with Crippen LogP contribution in [0, 0.1) is 17.2 Å². The number of carbonyl (C=O) groups is 3. The van der Waals surface area contributed by atoms with E-state index in [4.69, 9.17) is 15.7 Å². The Kier molecular flexibility index (Phi) is 10.1. The Morgan fingerprint density at radius 2 is 1.82 bits per heavy atom. The monoisotopic (exact) mass is 388 g/mol. The lowest BCUT2D eigenvalue weighted by Gasteiger charge is -2.24. The lowest BCUT2D eigenvalue weighted by atomic mass is 10.0. The molecule has 0 spiro atoms. The highest BCUT2D eigenvalue weighted by Gasteiger charge is 2.28.